The fraction of sp³-hybridized carbons (Fsp3) is 0.231. The molecule has 0 aliphatic heterocycles. The van der Waals surface area contributed by atoms with Crippen LogP contribution in [0.4, 0.5) is 13.2 Å². The monoisotopic (exact) mass is 427 g/mol. The molecule has 0 bridgehead atoms. The van der Waals surface area contributed by atoms with Gasteiger partial charge in [-0.25, -0.2) is 4.98 Å². The number of nitrogens with zero attached hydrogens (tertiary/aromatic N) is 3. The zero-order valence-corrected chi connectivity index (χ0v) is 14.7. The van der Waals surface area contributed by atoms with Crippen molar-refractivity contribution >= 4 is 50.2 Å². The van der Waals surface area contributed by atoms with Crippen molar-refractivity contribution in [3.8, 4) is 11.3 Å². The third kappa shape index (κ3) is 2.62. The maximum atomic E-state index is 13.1. The van der Waals surface area contributed by atoms with Crippen molar-refractivity contribution in [2.45, 2.75) is 13.1 Å². The van der Waals surface area contributed by atoms with Gasteiger partial charge in [0.15, 0.2) is 17.2 Å². The maximum absolute atomic E-state index is 13.1. The number of oxazole rings is 1. The molecule has 0 radical (unpaired) electrons. The Morgan fingerprint density at radius 2 is 1.91 bits per heavy atom. The highest BCUT2D eigenvalue weighted by Crippen LogP contribution is 2.45. The Labute approximate surface area is 146 Å². The number of aromatic nitrogens is 3. The molecule has 4 nitrogen and oxygen atoms in total. The van der Waals surface area contributed by atoms with Crippen molar-refractivity contribution in [1.82, 2.24) is 14.8 Å². The molecule has 0 aliphatic carbocycles. The van der Waals surface area contributed by atoms with Gasteiger partial charge in [-0.15, -0.1) is 0 Å². The molecular formula is C13H7BrCl2F3N3O. The summed E-state index contributed by atoms with van der Waals surface area (Å²) in [4.78, 5) is 4.17. The van der Waals surface area contributed by atoms with E-state index in [-0.39, 0.29) is 36.9 Å². The van der Waals surface area contributed by atoms with Crippen LogP contribution in [0.2, 0.25) is 10.0 Å². The zero-order valence-electron chi connectivity index (χ0n) is 11.6. The van der Waals surface area contributed by atoms with Gasteiger partial charge < -0.3 is 4.42 Å². The molecule has 0 N–H and O–H groups in total. The number of hydrogen-bond donors (Lipinski definition) is 0. The van der Waals surface area contributed by atoms with Gasteiger partial charge in [0.05, 0.1) is 20.1 Å². The van der Waals surface area contributed by atoms with E-state index in [2.05, 4.69) is 26.0 Å². The van der Waals surface area contributed by atoms with Gasteiger partial charge in [0, 0.05) is 14.0 Å². The molecule has 0 amide bonds. The fourth-order valence-electron chi connectivity index (χ4n) is 2.31. The SMILES string of the molecule is Cc1nc2c(-c3nn(C)c(C(F)(F)F)c3Br)c(Cl)cc(Cl)c2o1. The van der Waals surface area contributed by atoms with Gasteiger partial charge in [-0.1, -0.05) is 23.2 Å². The van der Waals surface area contributed by atoms with Gasteiger partial charge >= 0.3 is 6.18 Å². The molecule has 0 saturated heterocycles. The molecule has 1 aromatic carbocycles. The zero-order chi connectivity index (χ0) is 17.1. The molecule has 2 heterocycles. The molecule has 0 atom stereocenters. The second-order valence-electron chi connectivity index (χ2n) is 4.76. The number of alkyl halides is 3. The highest BCUT2D eigenvalue weighted by Gasteiger charge is 2.39. The van der Waals surface area contributed by atoms with Gasteiger partial charge in [-0.3, -0.25) is 4.68 Å². The molecule has 3 aromatic rings. The number of halogens is 6. The summed E-state index contributed by atoms with van der Waals surface area (Å²) in [5.74, 6) is 0.313. The Balaban J connectivity index is 2.39. The van der Waals surface area contributed by atoms with E-state index in [0.29, 0.717) is 5.89 Å². The van der Waals surface area contributed by atoms with Crippen LogP contribution in [0, 0.1) is 6.92 Å². The topological polar surface area (TPSA) is 43.9 Å². The number of hydrogen-bond acceptors (Lipinski definition) is 3. The second kappa shape index (κ2) is 5.39. The summed E-state index contributed by atoms with van der Waals surface area (Å²) in [6.45, 7) is 1.60. The average molecular weight is 429 g/mol. The standard InChI is InChI=1S/C13H7BrCl2F3N3O/c1-4-20-10-7(5(15)3-6(16)11(10)23-4)9-8(14)12(13(17,18)19)22(2)21-9/h3H,1-2H3. The van der Waals surface area contributed by atoms with Gasteiger partial charge in [-0.2, -0.15) is 18.3 Å². The first-order chi connectivity index (χ1) is 10.6. The highest BCUT2D eigenvalue weighted by atomic mass is 79.9. The summed E-state index contributed by atoms with van der Waals surface area (Å²) in [6.07, 6.45) is -4.57. The summed E-state index contributed by atoms with van der Waals surface area (Å²) in [5, 5.41) is 4.29. The van der Waals surface area contributed by atoms with Crippen LogP contribution < -0.4 is 0 Å². The molecule has 0 aliphatic rings. The summed E-state index contributed by atoms with van der Waals surface area (Å²) in [7, 11) is 1.20. The van der Waals surface area contributed by atoms with Gasteiger partial charge in [0.25, 0.3) is 0 Å². The summed E-state index contributed by atoms with van der Waals surface area (Å²) < 4.78 is 45.3. The van der Waals surface area contributed by atoms with Crippen LogP contribution in [0.25, 0.3) is 22.4 Å². The molecule has 0 spiro atoms. The summed E-state index contributed by atoms with van der Waals surface area (Å²) in [6, 6.07) is 1.39. The molecule has 23 heavy (non-hydrogen) atoms. The van der Waals surface area contributed by atoms with E-state index in [4.69, 9.17) is 27.6 Å². The molecular weight excluding hydrogens is 422 g/mol. The van der Waals surface area contributed by atoms with Crippen LogP contribution in [0.15, 0.2) is 15.0 Å². The number of aryl methyl sites for hydroxylation is 2. The van der Waals surface area contributed by atoms with E-state index >= 15 is 0 Å². The van der Waals surface area contributed by atoms with Crippen LogP contribution in [-0.4, -0.2) is 14.8 Å². The first-order valence-corrected chi connectivity index (χ1v) is 7.71. The second-order valence-corrected chi connectivity index (χ2v) is 6.37. The van der Waals surface area contributed by atoms with E-state index in [1.807, 2.05) is 0 Å². The van der Waals surface area contributed by atoms with Crippen molar-refractivity contribution in [2.24, 2.45) is 7.05 Å². The van der Waals surface area contributed by atoms with Crippen LogP contribution in [0.1, 0.15) is 11.6 Å². The molecule has 10 heteroatoms. The van der Waals surface area contributed by atoms with Crippen molar-refractivity contribution in [3.63, 3.8) is 0 Å². The van der Waals surface area contributed by atoms with E-state index < -0.39 is 11.9 Å². The van der Waals surface area contributed by atoms with Crippen molar-refractivity contribution < 1.29 is 17.6 Å². The largest absolute Gasteiger partial charge is 0.439 e. The van der Waals surface area contributed by atoms with Crippen LogP contribution in [-0.2, 0) is 13.2 Å². The van der Waals surface area contributed by atoms with Crippen LogP contribution in [0.5, 0.6) is 0 Å². The molecule has 3 rings (SSSR count). The Kier molecular flexibility index (Phi) is 3.89. The van der Waals surface area contributed by atoms with Gasteiger partial charge in [0.1, 0.15) is 11.2 Å². The lowest BCUT2D eigenvalue weighted by molar-refractivity contribution is -0.144. The molecule has 2 aromatic heterocycles. The summed E-state index contributed by atoms with van der Waals surface area (Å²) >= 11 is 15.2. The average Bonchev–Trinajstić information content (AvgIpc) is 2.90. The minimum atomic E-state index is -4.57. The van der Waals surface area contributed by atoms with E-state index in [1.165, 1.54) is 13.1 Å². The number of fused-ring (bicyclic) bond motifs is 1. The molecule has 0 unspecified atom stereocenters. The lowest BCUT2D eigenvalue weighted by Gasteiger charge is -2.07. The molecule has 0 fully saturated rings. The maximum Gasteiger partial charge on any atom is 0.434 e. The normalized spacial score (nSPS) is 12.3. The van der Waals surface area contributed by atoms with E-state index in [9.17, 15) is 13.2 Å². The van der Waals surface area contributed by atoms with Crippen LogP contribution >= 0.6 is 39.1 Å². The molecule has 0 saturated carbocycles. The summed E-state index contributed by atoms with van der Waals surface area (Å²) in [5.41, 5.74) is -0.185. The first kappa shape index (κ1) is 16.6. The third-order valence-electron chi connectivity index (χ3n) is 3.17. The first-order valence-electron chi connectivity index (χ1n) is 6.16. The minimum absolute atomic E-state index is 0.0137. The predicted octanol–water partition coefficient (Wildman–Crippen LogP) is 5.62. The van der Waals surface area contributed by atoms with Crippen molar-refractivity contribution in [1.29, 1.82) is 0 Å². The van der Waals surface area contributed by atoms with Gasteiger partial charge in [-0.05, 0) is 22.0 Å². The quantitative estimate of drug-likeness (QED) is 0.504. The van der Waals surface area contributed by atoms with Crippen molar-refractivity contribution in [2.75, 3.05) is 0 Å². The smallest absolute Gasteiger partial charge is 0.434 e. The van der Waals surface area contributed by atoms with Gasteiger partial charge in [0.2, 0.25) is 0 Å². The Morgan fingerprint density at radius 3 is 2.48 bits per heavy atom. The van der Waals surface area contributed by atoms with Crippen LogP contribution in [0.3, 0.4) is 0 Å². The minimum Gasteiger partial charge on any atom is -0.439 e. The fourth-order valence-corrected chi connectivity index (χ4v) is 3.65. The third-order valence-corrected chi connectivity index (χ3v) is 4.50. The number of rotatable bonds is 1. The lowest BCUT2D eigenvalue weighted by atomic mass is 10.1. The Morgan fingerprint density at radius 1 is 1.26 bits per heavy atom. The lowest BCUT2D eigenvalue weighted by Crippen LogP contribution is -2.12. The Hall–Kier alpha value is -1.25. The number of benzene rings is 1. The van der Waals surface area contributed by atoms with E-state index in [1.54, 1.807) is 6.92 Å². The highest BCUT2D eigenvalue weighted by molar-refractivity contribution is 9.10. The Bertz CT molecular complexity index is 933. The molecule has 122 valence electrons. The van der Waals surface area contributed by atoms with E-state index in [0.717, 1.165) is 4.68 Å². The predicted molar refractivity (Wildman–Crippen MR) is 83.7 cm³/mol. The van der Waals surface area contributed by atoms with Crippen molar-refractivity contribution in [3.05, 3.63) is 32.2 Å².